The van der Waals surface area contributed by atoms with Crippen LogP contribution in [0, 0.1) is 0 Å². The van der Waals surface area contributed by atoms with Crippen LogP contribution < -0.4 is 10.6 Å². The highest BCUT2D eigenvalue weighted by molar-refractivity contribution is 6.06. The number of phenolic OH excluding ortho intramolecular Hbond substituents is 1. The molecule has 3 N–H and O–H groups in total. The molecule has 1 aliphatic rings. The van der Waals surface area contributed by atoms with E-state index in [0.29, 0.717) is 34.3 Å². The molecule has 0 bridgehead atoms. The number of hydrogen-bond acceptors (Lipinski definition) is 5. The number of anilines is 2. The van der Waals surface area contributed by atoms with E-state index in [2.05, 4.69) is 15.6 Å². The Balaban J connectivity index is 1.63. The maximum absolute atomic E-state index is 13.4. The molecule has 4 aromatic rings. The van der Waals surface area contributed by atoms with E-state index in [-0.39, 0.29) is 11.7 Å². The van der Waals surface area contributed by atoms with Crippen molar-refractivity contribution in [3.63, 3.8) is 0 Å². The number of rotatable bonds is 4. The molecule has 2 heterocycles. The highest BCUT2D eigenvalue weighted by Gasteiger charge is 2.35. The molecule has 1 aliphatic heterocycles. The first-order valence-corrected chi connectivity index (χ1v) is 10.3. The first-order valence-electron chi connectivity index (χ1n) is 10.3. The van der Waals surface area contributed by atoms with Crippen molar-refractivity contribution in [3.8, 4) is 17.1 Å². The average molecular weight is 423 g/mol. The number of nitrogens with zero attached hydrogens (tertiary/aromatic N) is 3. The fourth-order valence-electron chi connectivity index (χ4n) is 3.88. The first kappa shape index (κ1) is 19.6. The number of amides is 1. The molecule has 0 radical (unpaired) electrons. The topological polar surface area (TPSA) is 92.1 Å². The minimum Gasteiger partial charge on any atom is -0.508 e. The summed E-state index contributed by atoms with van der Waals surface area (Å²) in [6, 6.07) is 25.2. The summed E-state index contributed by atoms with van der Waals surface area (Å²) in [6.07, 6.45) is 0. The van der Waals surface area contributed by atoms with E-state index >= 15 is 0 Å². The minimum absolute atomic E-state index is 0.0833. The molecular formula is C25H21N5O2. The van der Waals surface area contributed by atoms with Crippen molar-refractivity contribution >= 4 is 17.5 Å². The number of allylic oxidation sites excluding steroid dienone is 1. The monoisotopic (exact) mass is 423 g/mol. The molecule has 7 heteroatoms. The standard InChI is InChI=1S/C25H21N5O2/c1-16-21(24(32)27-18-12-6-3-7-13-18)22(19-14-8-9-15-20(19)31)30-25(26-16)28-23(29-30)17-10-4-2-5-11-17/h2-15,22,31H,1H3,(H,27,32)(H,26,28,29)/t22-/m0/s1. The van der Waals surface area contributed by atoms with E-state index < -0.39 is 6.04 Å². The van der Waals surface area contributed by atoms with Crippen LogP contribution in [0.3, 0.4) is 0 Å². The fourth-order valence-corrected chi connectivity index (χ4v) is 3.88. The van der Waals surface area contributed by atoms with Crippen LogP contribution in [0.5, 0.6) is 5.75 Å². The Bertz CT molecular complexity index is 1310. The van der Waals surface area contributed by atoms with Crippen molar-refractivity contribution in [1.29, 1.82) is 0 Å². The third-order valence-electron chi connectivity index (χ3n) is 5.39. The second-order valence-corrected chi connectivity index (χ2v) is 7.51. The Labute approximate surface area is 185 Å². The fraction of sp³-hybridized carbons (Fsp3) is 0.0800. The lowest BCUT2D eigenvalue weighted by atomic mass is 9.94. The zero-order chi connectivity index (χ0) is 22.1. The summed E-state index contributed by atoms with van der Waals surface area (Å²) in [6.45, 7) is 1.83. The Morgan fingerprint density at radius 2 is 1.62 bits per heavy atom. The summed E-state index contributed by atoms with van der Waals surface area (Å²) in [5.74, 6) is 0.841. The maximum Gasteiger partial charge on any atom is 0.255 e. The van der Waals surface area contributed by atoms with E-state index in [1.807, 2.05) is 73.7 Å². The van der Waals surface area contributed by atoms with E-state index in [1.54, 1.807) is 22.9 Å². The Morgan fingerprint density at radius 3 is 2.34 bits per heavy atom. The van der Waals surface area contributed by atoms with Crippen LogP contribution in [0.1, 0.15) is 18.5 Å². The van der Waals surface area contributed by atoms with Gasteiger partial charge >= 0.3 is 0 Å². The van der Waals surface area contributed by atoms with Gasteiger partial charge in [0.1, 0.15) is 11.8 Å². The van der Waals surface area contributed by atoms with Crippen LogP contribution >= 0.6 is 0 Å². The predicted molar refractivity (Wildman–Crippen MR) is 123 cm³/mol. The Morgan fingerprint density at radius 1 is 0.969 bits per heavy atom. The number of fused-ring (bicyclic) bond motifs is 1. The number of aromatic nitrogens is 3. The van der Waals surface area contributed by atoms with Gasteiger partial charge in [0.25, 0.3) is 5.91 Å². The van der Waals surface area contributed by atoms with Gasteiger partial charge in [-0.2, -0.15) is 4.98 Å². The van der Waals surface area contributed by atoms with Gasteiger partial charge in [0.15, 0.2) is 5.82 Å². The van der Waals surface area contributed by atoms with E-state index in [1.165, 1.54) is 0 Å². The highest BCUT2D eigenvalue weighted by Crippen LogP contribution is 2.39. The third kappa shape index (κ3) is 3.50. The molecule has 1 aromatic heterocycles. The summed E-state index contributed by atoms with van der Waals surface area (Å²) >= 11 is 0. The summed E-state index contributed by atoms with van der Waals surface area (Å²) in [7, 11) is 0. The van der Waals surface area contributed by atoms with Crippen molar-refractivity contribution in [2.75, 3.05) is 10.6 Å². The van der Waals surface area contributed by atoms with E-state index in [4.69, 9.17) is 5.10 Å². The van der Waals surface area contributed by atoms with Gasteiger partial charge in [0.2, 0.25) is 5.95 Å². The maximum atomic E-state index is 13.4. The Hall–Kier alpha value is -4.39. The molecule has 0 saturated heterocycles. The molecule has 0 aliphatic carbocycles. The van der Waals surface area contributed by atoms with Gasteiger partial charge in [-0.05, 0) is 25.1 Å². The van der Waals surface area contributed by atoms with Crippen LogP contribution in [0.25, 0.3) is 11.4 Å². The first-order chi connectivity index (χ1) is 15.6. The van der Waals surface area contributed by atoms with Crippen LogP contribution in [-0.4, -0.2) is 25.8 Å². The summed E-state index contributed by atoms with van der Waals surface area (Å²) in [5, 5.41) is 21.5. The van der Waals surface area contributed by atoms with Gasteiger partial charge in [-0.3, -0.25) is 4.79 Å². The van der Waals surface area contributed by atoms with Crippen molar-refractivity contribution < 1.29 is 9.90 Å². The zero-order valence-corrected chi connectivity index (χ0v) is 17.4. The highest BCUT2D eigenvalue weighted by atomic mass is 16.3. The van der Waals surface area contributed by atoms with Gasteiger partial charge < -0.3 is 15.7 Å². The molecule has 158 valence electrons. The van der Waals surface area contributed by atoms with Gasteiger partial charge in [0.05, 0.1) is 5.57 Å². The van der Waals surface area contributed by atoms with Crippen molar-refractivity contribution in [3.05, 3.63) is 102 Å². The minimum atomic E-state index is -0.652. The number of carbonyl (C=O) groups is 1. The lowest BCUT2D eigenvalue weighted by molar-refractivity contribution is -0.113. The summed E-state index contributed by atoms with van der Waals surface area (Å²) in [5.41, 5.74) is 3.21. The second kappa shape index (κ2) is 8.03. The number of aromatic hydroxyl groups is 1. The van der Waals surface area contributed by atoms with Crippen LogP contribution in [0.15, 0.2) is 96.2 Å². The molecule has 3 aromatic carbocycles. The predicted octanol–water partition coefficient (Wildman–Crippen LogP) is 4.58. The lowest BCUT2D eigenvalue weighted by Crippen LogP contribution is -2.31. The number of benzene rings is 3. The van der Waals surface area contributed by atoms with Crippen LogP contribution in [-0.2, 0) is 4.79 Å². The second-order valence-electron chi connectivity index (χ2n) is 7.51. The molecule has 7 nitrogen and oxygen atoms in total. The molecular weight excluding hydrogens is 402 g/mol. The molecule has 0 unspecified atom stereocenters. The van der Waals surface area contributed by atoms with Gasteiger partial charge in [-0.1, -0.05) is 66.7 Å². The van der Waals surface area contributed by atoms with Crippen molar-refractivity contribution in [2.24, 2.45) is 0 Å². The lowest BCUT2D eigenvalue weighted by Gasteiger charge is -2.29. The largest absolute Gasteiger partial charge is 0.508 e. The average Bonchev–Trinajstić information content (AvgIpc) is 3.23. The van der Waals surface area contributed by atoms with Crippen LogP contribution in [0.2, 0.25) is 0 Å². The third-order valence-corrected chi connectivity index (χ3v) is 5.39. The number of para-hydroxylation sites is 2. The SMILES string of the molecule is CC1=C(C(=O)Nc2ccccc2)[C@H](c2ccccc2O)n2nc(-c3ccccc3)nc2N1. The molecule has 0 saturated carbocycles. The number of nitrogens with one attached hydrogen (secondary N) is 2. The van der Waals surface area contributed by atoms with Gasteiger partial charge in [0, 0.05) is 22.5 Å². The van der Waals surface area contributed by atoms with Crippen LogP contribution in [0.4, 0.5) is 11.6 Å². The molecule has 1 amide bonds. The Kier molecular flexibility index (Phi) is 4.91. The summed E-state index contributed by atoms with van der Waals surface area (Å²) < 4.78 is 1.66. The zero-order valence-electron chi connectivity index (χ0n) is 17.4. The molecule has 0 fully saturated rings. The number of carbonyl (C=O) groups excluding carboxylic acids is 1. The van der Waals surface area contributed by atoms with Crippen molar-refractivity contribution in [1.82, 2.24) is 14.8 Å². The molecule has 0 spiro atoms. The normalized spacial score (nSPS) is 15.1. The molecule has 32 heavy (non-hydrogen) atoms. The molecule has 5 rings (SSSR count). The summed E-state index contributed by atoms with van der Waals surface area (Å²) in [4.78, 5) is 18.1. The van der Waals surface area contributed by atoms with Gasteiger partial charge in [-0.25, -0.2) is 4.68 Å². The number of phenols is 1. The van der Waals surface area contributed by atoms with Crippen molar-refractivity contribution in [2.45, 2.75) is 13.0 Å². The smallest absolute Gasteiger partial charge is 0.255 e. The quantitative estimate of drug-likeness (QED) is 0.447. The van der Waals surface area contributed by atoms with Gasteiger partial charge in [-0.15, -0.1) is 5.10 Å². The molecule has 1 atom stereocenters. The van der Waals surface area contributed by atoms with E-state index in [9.17, 15) is 9.90 Å². The number of hydrogen-bond donors (Lipinski definition) is 3. The van der Waals surface area contributed by atoms with E-state index in [0.717, 1.165) is 5.56 Å².